The van der Waals surface area contributed by atoms with Gasteiger partial charge in [-0.3, -0.25) is 4.79 Å². The van der Waals surface area contributed by atoms with Crippen LogP contribution >= 0.6 is 0 Å². The van der Waals surface area contributed by atoms with E-state index in [1.807, 2.05) is 13.8 Å². The highest BCUT2D eigenvalue weighted by Gasteiger charge is 2.28. The van der Waals surface area contributed by atoms with Crippen LogP contribution in [-0.2, 0) is 14.3 Å². The minimum Gasteiger partial charge on any atom is -0.480 e. The maximum atomic E-state index is 12.0. The van der Waals surface area contributed by atoms with E-state index in [2.05, 4.69) is 5.32 Å². The van der Waals surface area contributed by atoms with Gasteiger partial charge in [-0.2, -0.15) is 0 Å². The molecule has 1 saturated heterocycles. The van der Waals surface area contributed by atoms with Crippen molar-refractivity contribution in [2.24, 2.45) is 11.8 Å². The number of nitrogens with one attached hydrogen (secondary N) is 1. The highest BCUT2D eigenvalue weighted by molar-refractivity contribution is 5.84. The second kappa shape index (κ2) is 7.36. The van der Waals surface area contributed by atoms with E-state index in [0.29, 0.717) is 25.6 Å². The number of amides is 1. The van der Waals surface area contributed by atoms with Gasteiger partial charge in [0, 0.05) is 19.1 Å². The average molecular weight is 257 g/mol. The summed E-state index contributed by atoms with van der Waals surface area (Å²) in [6.45, 7) is 5.17. The van der Waals surface area contributed by atoms with Gasteiger partial charge in [-0.05, 0) is 25.2 Å². The highest BCUT2D eigenvalue weighted by Crippen LogP contribution is 2.23. The third-order valence-corrected chi connectivity index (χ3v) is 3.58. The summed E-state index contributed by atoms with van der Waals surface area (Å²) >= 11 is 0. The second-order valence-electron chi connectivity index (χ2n) is 4.93. The number of carbonyl (C=O) groups is 2. The van der Waals surface area contributed by atoms with Crippen molar-refractivity contribution in [1.82, 2.24) is 5.32 Å². The minimum atomic E-state index is -0.954. The molecule has 2 unspecified atom stereocenters. The predicted octanol–water partition coefficient (Wildman–Crippen LogP) is 1.42. The lowest BCUT2D eigenvalue weighted by Gasteiger charge is -2.27. The van der Waals surface area contributed by atoms with Crippen LogP contribution < -0.4 is 5.32 Å². The Morgan fingerprint density at radius 1 is 1.39 bits per heavy atom. The second-order valence-corrected chi connectivity index (χ2v) is 4.93. The van der Waals surface area contributed by atoms with E-state index in [9.17, 15) is 9.59 Å². The number of carboxylic acid groups (broad SMARTS) is 1. The van der Waals surface area contributed by atoms with Crippen molar-refractivity contribution in [2.75, 3.05) is 13.2 Å². The van der Waals surface area contributed by atoms with Gasteiger partial charge in [0.2, 0.25) is 5.91 Å². The Kier molecular flexibility index (Phi) is 6.12. The summed E-state index contributed by atoms with van der Waals surface area (Å²) in [4.78, 5) is 23.0. The highest BCUT2D eigenvalue weighted by atomic mass is 16.5. The summed E-state index contributed by atoms with van der Waals surface area (Å²) < 4.78 is 5.26. The Balaban J connectivity index is 2.48. The van der Waals surface area contributed by atoms with Gasteiger partial charge in [-0.15, -0.1) is 0 Å². The van der Waals surface area contributed by atoms with Crippen LogP contribution in [0.25, 0.3) is 0 Å². The maximum Gasteiger partial charge on any atom is 0.326 e. The third-order valence-electron chi connectivity index (χ3n) is 3.58. The maximum absolute atomic E-state index is 12.0. The van der Waals surface area contributed by atoms with Gasteiger partial charge in [-0.25, -0.2) is 4.79 Å². The topological polar surface area (TPSA) is 75.6 Å². The average Bonchev–Trinajstić information content (AvgIpc) is 2.38. The van der Waals surface area contributed by atoms with Crippen molar-refractivity contribution in [3.8, 4) is 0 Å². The Bertz CT molecular complexity index is 287. The molecule has 1 aliphatic rings. The minimum absolute atomic E-state index is 0.146. The predicted molar refractivity (Wildman–Crippen MR) is 67.2 cm³/mol. The first-order chi connectivity index (χ1) is 8.56. The monoisotopic (exact) mass is 257 g/mol. The summed E-state index contributed by atoms with van der Waals surface area (Å²) in [5, 5.41) is 11.6. The summed E-state index contributed by atoms with van der Waals surface area (Å²) in [5.74, 6) is -0.949. The van der Waals surface area contributed by atoms with Gasteiger partial charge in [0.15, 0.2) is 0 Å². The molecular formula is C13H23NO4. The van der Waals surface area contributed by atoms with Crippen molar-refractivity contribution in [3.05, 3.63) is 0 Å². The van der Waals surface area contributed by atoms with Crippen molar-refractivity contribution < 1.29 is 19.4 Å². The Labute approximate surface area is 108 Å². The molecule has 0 aliphatic carbocycles. The van der Waals surface area contributed by atoms with Crippen molar-refractivity contribution in [1.29, 1.82) is 0 Å². The number of carbonyl (C=O) groups excluding carboxylic acids is 1. The van der Waals surface area contributed by atoms with Crippen LogP contribution in [0.5, 0.6) is 0 Å². The molecule has 1 amide bonds. The molecule has 1 aliphatic heterocycles. The summed E-state index contributed by atoms with van der Waals surface area (Å²) in [7, 11) is 0. The van der Waals surface area contributed by atoms with Crippen molar-refractivity contribution >= 4 is 11.9 Å². The van der Waals surface area contributed by atoms with Crippen molar-refractivity contribution in [3.63, 3.8) is 0 Å². The first kappa shape index (κ1) is 15.0. The van der Waals surface area contributed by atoms with Crippen LogP contribution in [0.3, 0.4) is 0 Å². The zero-order valence-electron chi connectivity index (χ0n) is 11.1. The van der Waals surface area contributed by atoms with Gasteiger partial charge >= 0.3 is 5.97 Å². The molecule has 2 atom stereocenters. The van der Waals surface area contributed by atoms with Crippen molar-refractivity contribution in [2.45, 2.75) is 45.6 Å². The molecule has 0 aromatic heterocycles. The fourth-order valence-corrected chi connectivity index (χ4v) is 2.28. The SMILES string of the molecule is CCCC(NC(=O)C(C)C1CCOCC1)C(=O)O. The summed E-state index contributed by atoms with van der Waals surface area (Å²) in [6, 6.07) is -0.759. The number of rotatable bonds is 6. The number of hydrogen-bond donors (Lipinski definition) is 2. The standard InChI is InChI=1S/C13H23NO4/c1-3-4-11(13(16)17)14-12(15)9(2)10-5-7-18-8-6-10/h9-11H,3-8H2,1-2H3,(H,14,15)(H,16,17). The zero-order chi connectivity index (χ0) is 13.5. The third kappa shape index (κ3) is 4.29. The molecule has 5 heteroatoms. The van der Waals surface area contributed by atoms with E-state index in [1.165, 1.54) is 0 Å². The van der Waals surface area contributed by atoms with Gasteiger partial charge in [0.05, 0.1) is 0 Å². The Hall–Kier alpha value is -1.10. The number of ether oxygens (including phenoxy) is 1. The largest absolute Gasteiger partial charge is 0.480 e. The molecule has 0 bridgehead atoms. The Morgan fingerprint density at radius 3 is 2.50 bits per heavy atom. The summed E-state index contributed by atoms with van der Waals surface area (Å²) in [6.07, 6.45) is 2.96. The molecule has 0 aromatic rings. The normalized spacial score (nSPS) is 20.1. The lowest BCUT2D eigenvalue weighted by atomic mass is 9.86. The molecular weight excluding hydrogens is 234 g/mol. The fraction of sp³-hybridized carbons (Fsp3) is 0.846. The number of hydrogen-bond acceptors (Lipinski definition) is 3. The molecule has 1 fully saturated rings. The summed E-state index contributed by atoms with van der Waals surface area (Å²) in [5.41, 5.74) is 0. The molecule has 2 N–H and O–H groups in total. The number of carboxylic acids is 1. The molecule has 1 heterocycles. The van der Waals surface area contributed by atoms with Gasteiger partial charge in [0.25, 0.3) is 0 Å². The molecule has 0 spiro atoms. The zero-order valence-corrected chi connectivity index (χ0v) is 11.1. The van der Waals surface area contributed by atoms with Gasteiger partial charge < -0.3 is 15.2 Å². The van der Waals surface area contributed by atoms with E-state index in [0.717, 1.165) is 19.3 Å². The molecule has 0 radical (unpaired) electrons. The van der Waals surface area contributed by atoms with Crippen LogP contribution in [0, 0.1) is 11.8 Å². The number of aliphatic carboxylic acids is 1. The van der Waals surface area contributed by atoms with Crippen LogP contribution in [-0.4, -0.2) is 36.2 Å². The van der Waals surface area contributed by atoms with E-state index in [1.54, 1.807) is 0 Å². The van der Waals surface area contributed by atoms with Crippen LogP contribution in [0.15, 0.2) is 0 Å². The fourth-order valence-electron chi connectivity index (χ4n) is 2.28. The van der Waals surface area contributed by atoms with Crippen LogP contribution in [0.1, 0.15) is 39.5 Å². The van der Waals surface area contributed by atoms with Crippen LogP contribution in [0.2, 0.25) is 0 Å². The molecule has 0 aromatic carbocycles. The molecule has 18 heavy (non-hydrogen) atoms. The lowest BCUT2D eigenvalue weighted by Crippen LogP contribution is -2.45. The first-order valence-corrected chi connectivity index (χ1v) is 6.67. The lowest BCUT2D eigenvalue weighted by molar-refractivity contribution is -0.143. The van der Waals surface area contributed by atoms with Gasteiger partial charge in [-0.1, -0.05) is 20.3 Å². The Morgan fingerprint density at radius 2 is 2.00 bits per heavy atom. The van der Waals surface area contributed by atoms with E-state index >= 15 is 0 Å². The molecule has 5 nitrogen and oxygen atoms in total. The smallest absolute Gasteiger partial charge is 0.326 e. The molecule has 104 valence electrons. The first-order valence-electron chi connectivity index (χ1n) is 6.67. The quantitative estimate of drug-likeness (QED) is 0.754. The van der Waals surface area contributed by atoms with Gasteiger partial charge in [0.1, 0.15) is 6.04 Å². The molecule has 0 saturated carbocycles. The van der Waals surface area contributed by atoms with E-state index in [4.69, 9.17) is 9.84 Å². The van der Waals surface area contributed by atoms with E-state index in [-0.39, 0.29) is 11.8 Å². The van der Waals surface area contributed by atoms with E-state index < -0.39 is 12.0 Å². The molecule has 1 rings (SSSR count). The van der Waals surface area contributed by atoms with Crippen LogP contribution in [0.4, 0.5) is 0 Å².